The first-order valence-electron chi connectivity index (χ1n) is 8.98. The number of hydrogen-bond donors (Lipinski definition) is 5. The zero-order valence-corrected chi connectivity index (χ0v) is 15.5. The lowest BCUT2D eigenvalue weighted by Crippen LogP contribution is -2.61. The van der Waals surface area contributed by atoms with Crippen molar-refractivity contribution in [3.8, 4) is 23.0 Å². The summed E-state index contributed by atoms with van der Waals surface area (Å²) in [6.07, 6.45) is -0.314. The maximum atomic E-state index is 12.7. The van der Waals surface area contributed by atoms with E-state index in [9.17, 15) is 30.3 Å². The van der Waals surface area contributed by atoms with Gasteiger partial charge in [0.05, 0.1) is 5.56 Å². The van der Waals surface area contributed by atoms with Crippen LogP contribution in [0.4, 0.5) is 0 Å². The second-order valence-electron chi connectivity index (χ2n) is 6.95. The summed E-state index contributed by atoms with van der Waals surface area (Å²) in [5.41, 5.74) is 0.357. The third-order valence-electron chi connectivity index (χ3n) is 4.92. The Hall–Kier alpha value is -3.75. The van der Waals surface area contributed by atoms with Crippen molar-refractivity contribution >= 4 is 5.97 Å². The number of hydrogen-bond acceptors (Lipinski definition) is 8. The number of carbonyl (C=O) groups excluding carboxylic acids is 1. The average molecular weight is 410 g/mol. The Labute approximate surface area is 170 Å². The molecular weight excluding hydrogens is 392 g/mol. The van der Waals surface area contributed by atoms with E-state index in [1.807, 2.05) is 0 Å². The van der Waals surface area contributed by atoms with Gasteiger partial charge in [0.1, 0.15) is 11.5 Å². The molecule has 0 spiro atoms. The van der Waals surface area contributed by atoms with Crippen molar-refractivity contribution in [1.82, 2.24) is 0 Å². The van der Waals surface area contributed by atoms with Crippen molar-refractivity contribution in [3.63, 3.8) is 0 Å². The predicted octanol–water partition coefficient (Wildman–Crippen LogP) is 2.13. The summed E-state index contributed by atoms with van der Waals surface area (Å²) in [4.78, 5) is 12.7. The number of para-hydroxylation sites is 1. The Bertz CT molecular complexity index is 1110. The molecule has 0 saturated carbocycles. The van der Waals surface area contributed by atoms with Crippen molar-refractivity contribution in [1.29, 1.82) is 0 Å². The summed E-state index contributed by atoms with van der Waals surface area (Å²) in [6, 6.07) is 15.1. The maximum absolute atomic E-state index is 12.7. The van der Waals surface area contributed by atoms with Crippen LogP contribution in [0.15, 0.2) is 66.7 Å². The minimum atomic E-state index is -2.60. The summed E-state index contributed by atoms with van der Waals surface area (Å²) < 4.78 is 11.0. The number of carbonyl (C=O) groups is 1. The highest BCUT2D eigenvalue weighted by molar-refractivity contribution is 5.89. The van der Waals surface area contributed by atoms with E-state index >= 15 is 0 Å². The lowest BCUT2D eigenvalue weighted by atomic mass is 9.87. The number of phenolic OH excluding ortho intramolecular Hbond substituents is 3. The Balaban J connectivity index is 1.79. The molecule has 1 heterocycles. The van der Waals surface area contributed by atoms with Crippen molar-refractivity contribution in [2.75, 3.05) is 0 Å². The van der Waals surface area contributed by atoms with Gasteiger partial charge in [-0.1, -0.05) is 18.2 Å². The van der Waals surface area contributed by atoms with Gasteiger partial charge in [0.25, 0.3) is 5.79 Å². The summed E-state index contributed by atoms with van der Waals surface area (Å²) in [5.74, 6) is -6.96. The topological polar surface area (TPSA) is 137 Å². The van der Waals surface area contributed by atoms with Crippen LogP contribution < -0.4 is 4.74 Å². The van der Waals surface area contributed by atoms with Crippen LogP contribution in [0.3, 0.4) is 0 Å². The molecule has 2 atom stereocenters. The van der Waals surface area contributed by atoms with Crippen molar-refractivity contribution in [2.45, 2.75) is 18.0 Å². The molecule has 5 N–H and O–H groups in total. The SMILES string of the molecule is O=C(OC1(O)Cc2ccccc2OC1(O)c1ccc(O)c(O)c1)c1ccc(O)cc1. The number of ether oxygens (including phenoxy) is 2. The lowest BCUT2D eigenvalue weighted by molar-refractivity contribution is -0.356. The minimum absolute atomic E-state index is 0.0241. The van der Waals surface area contributed by atoms with E-state index in [1.54, 1.807) is 24.3 Å². The molecule has 3 aromatic carbocycles. The molecule has 0 bridgehead atoms. The zero-order chi connectivity index (χ0) is 21.5. The molecule has 0 radical (unpaired) electrons. The summed E-state index contributed by atoms with van der Waals surface area (Å²) in [5, 5.41) is 51.6. The van der Waals surface area contributed by atoms with Crippen molar-refractivity contribution in [2.24, 2.45) is 0 Å². The molecule has 4 rings (SSSR count). The third kappa shape index (κ3) is 3.18. The van der Waals surface area contributed by atoms with E-state index in [4.69, 9.17) is 9.47 Å². The average Bonchev–Trinajstić information content (AvgIpc) is 2.71. The van der Waals surface area contributed by atoms with Gasteiger partial charge in [-0.3, -0.25) is 0 Å². The second kappa shape index (κ2) is 6.94. The standard InChI is InChI=1S/C22H18O8/c23-16-8-5-13(6-9-16)20(26)30-21(27)12-14-3-1-2-4-19(14)29-22(21,28)15-7-10-17(24)18(25)11-15/h1-11,23-25,27-28H,12H2. The fraction of sp³-hybridized carbons (Fsp3) is 0.136. The van der Waals surface area contributed by atoms with Crippen LogP contribution >= 0.6 is 0 Å². The highest BCUT2D eigenvalue weighted by Crippen LogP contribution is 2.46. The van der Waals surface area contributed by atoms with Crippen LogP contribution in [0.2, 0.25) is 0 Å². The van der Waals surface area contributed by atoms with Gasteiger partial charge in [0.15, 0.2) is 11.5 Å². The van der Waals surface area contributed by atoms with E-state index in [0.29, 0.717) is 5.56 Å². The fourth-order valence-electron chi connectivity index (χ4n) is 3.30. The molecule has 1 aliphatic rings. The highest BCUT2D eigenvalue weighted by Gasteiger charge is 2.60. The van der Waals surface area contributed by atoms with E-state index in [0.717, 1.165) is 12.1 Å². The quantitative estimate of drug-likeness (QED) is 0.252. The number of aliphatic hydroxyl groups is 2. The molecule has 154 valence electrons. The van der Waals surface area contributed by atoms with Gasteiger partial charge in [0, 0.05) is 17.5 Å². The molecule has 0 fully saturated rings. The van der Waals surface area contributed by atoms with Gasteiger partial charge in [-0.2, -0.15) is 0 Å². The van der Waals surface area contributed by atoms with Crippen LogP contribution in [0.1, 0.15) is 21.5 Å². The molecular formula is C22H18O8. The van der Waals surface area contributed by atoms with Crippen LogP contribution in [0.25, 0.3) is 0 Å². The first-order chi connectivity index (χ1) is 14.2. The molecule has 0 aromatic heterocycles. The smallest absolute Gasteiger partial charge is 0.340 e. The maximum Gasteiger partial charge on any atom is 0.340 e. The number of benzene rings is 3. The third-order valence-corrected chi connectivity index (χ3v) is 4.92. The summed E-state index contributed by atoms with van der Waals surface area (Å²) in [7, 11) is 0. The Morgan fingerprint density at radius 1 is 0.900 bits per heavy atom. The largest absolute Gasteiger partial charge is 0.508 e. The molecule has 0 aliphatic carbocycles. The number of phenols is 3. The molecule has 2 unspecified atom stereocenters. The second-order valence-corrected chi connectivity index (χ2v) is 6.95. The molecule has 3 aromatic rings. The summed E-state index contributed by atoms with van der Waals surface area (Å²) in [6.45, 7) is 0. The number of aromatic hydroxyl groups is 3. The molecule has 8 heteroatoms. The molecule has 1 aliphatic heterocycles. The normalized spacial score (nSPS) is 22.6. The van der Waals surface area contributed by atoms with Gasteiger partial charge in [-0.05, 0) is 48.5 Å². The Morgan fingerprint density at radius 3 is 2.30 bits per heavy atom. The molecule has 0 saturated heterocycles. The minimum Gasteiger partial charge on any atom is -0.508 e. The fourth-order valence-corrected chi connectivity index (χ4v) is 3.30. The number of esters is 1. The Kier molecular flexibility index (Phi) is 4.53. The van der Waals surface area contributed by atoms with Crippen LogP contribution in [-0.4, -0.2) is 37.3 Å². The zero-order valence-electron chi connectivity index (χ0n) is 15.5. The van der Waals surface area contributed by atoms with Gasteiger partial charge >= 0.3 is 11.8 Å². The first kappa shape index (κ1) is 19.6. The van der Waals surface area contributed by atoms with E-state index in [-0.39, 0.29) is 29.0 Å². The van der Waals surface area contributed by atoms with Crippen LogP contribution in [-0.2, 0) is 16.9 Å². The van der Waals surface area contributed by atoms with Crippen molar-refractivity contribution in [3.05, 3.63) is 83.4 Å². The lowest BCUT2D eigenvalue weighted by Gasteiger charge is -2.45. The Morgan fingerprint density at radius 2 is 1.60 bits per heavy atom. The van der Waals surface area contributed by atoms with Crippen LogP contribution in [0, 0.1) is 0 Å². The van der Waals surface area contributed by atoms with E-state index in [2.05, 4.69) is 0 Å². The predicted molar refractivity (Wildman–Crippen MR) is 103 cm³/mol. The van der Waals surface area contributed by atoms with Gasteiger partial charge in [-0.25, -0.2) is 4.79 Å². The van der Waals surface area contributed by atoms with Crippen LogP contribution in [0.5, 0.6) is 23.0 Å². The highest BCUT2D eigenvalue weighted by atomic mass is 16.7. The number of rotatable bonds is 3. The first-order valence-corrected chi connectivity index (χ1v) is 8.98. The molecule has 30 heavy (non-hydrogen) atoms. The van der Waals surface area contributed by atoms with E-state index in [1.165, 1.54) is 30.3 Å². The molecule has 8 nitrogen and oxygen atoms in total. The monoisotopic (exact) mass is 410 g/mol. The van der Waals surface area contributed by atoms with Gasteiger partial charge in [-0.15, -0.1) is 0 Å². The molecule has 0 amide bonds. The number of fused-ring (bicyclic) bond motifs is 1. The van der Waals surface area contributed by atoms with Gasteiger partial charge in [0.2, 0.25) is 0 Å². The summed E-state index contributed by atoms with van der Waals surface area (Å²) >= 11 is 0. The van der Waals surface area contributed by atoms with Gasteiger partial charge < -0.3 is 35.0 Å². The van der Waals surface area contributed by atoms with E-state index < -0.39 is 29.0 Å². The van der Waals surface area contributed by atoms with Crippen molar-refractivity contribution < 1.29 is 39.8 Å².